The Bertz CT molecular complexity index is 426. The fraction of sp³-hybridized carbons (Fsp3) is 0.692. The molecule has 0 spiro atoms. The lowest BCUT2D eigenvalue weighted by atomic mass is 9.75. The van der Waals surface area contributed by atoms with E-state index in [1.54, 1.807) is 6.20 Å². The van der Waals surface area contributed by atoms with E-state index in [1.807, 2.05) is 0 Å². The Hall–Kier alpha value is -0.350. The molecule has 0 atom stereocenters. The van der Waals surface area contributed by atoms with Crippen LogP contribution in [0.3, 0.4) is 0 Å². The van der Waals surface area contributed by atoms with Gasteiger partial charge in [0.25, 0.3) is 0 Å². The van der Waals surface area contributed by atoms with Gasteiger partial charge < -0.3 is 4.90 Å². The molecule has 1 aromatic heterocycles. The summed E-state index contributed by atoms with van der Waals surface area (Å²) in [6, 6.07) is 0.542. The first-order chi connectivity index (χ1) is 8.39. The van der Waals surface area contributed by atoms with Crippen LogP contribution < -0.4 is 4.90 Å². The highest BCUT2D eigenvalue weighted by Gasteiger charge is 2.29. The second-order valence-electron chi connectivity index (χ2n) is 5.82. The lowest BCUT2D eigenvalue weighted by molar-refractivity contribution is 0.222. The summed E-state index contributed by atoms with van der Waals surface area (Å²) in [5.41, 5.74) is 0.484. The van der Waals surface area contributed by atoms with Gasteiger partial charge in [-0.1, -0.05) is 13.8 Å². The maximum absolute atomic E-state index is 5.88. The first-order valence-electron chi connectivity index (χ1n) is 6.30. The molecule has 0 aromatic carbocycles. The molecule has 5 heteroatoms. The van der Waals surface area contributed by atoms with E-state index in [2.05, 4.69) is 51.7 Å². The SMILES string of the molecule is CN(c1nc(Cl)ncc1Br)C1CCC(C)(C)CC1. The third kappa shape index (κ3) is 3.15. The van der Waals surface area contributed by atoms with Gasteiger partial charge in [-0.2, -0.15) is 4.98 Å². The van der Waals surface area contributed by atoms with Gasteiger partial charge in [-0.15, -0.1) is 0 Å². The van der Waals surface area contributed by atoms with Gasteiger partial charge in [0.15, 0.2) is 0 Å². The molecule has 0 aliphatic heterocycles. The number of hydrogen-bond donors (Lipinski definition) is 0. The highest BCUT2D eigenvalue weighted by atomic mass is 79.9. The average Bonchev–Trinajstić information content (AvgIpc) is 2.31. The predicted octanol–water partition coefficient (Wildman–Crippen LogP) is 4.30. The minimum Gasteiger partial charge on any atom is -0.356 e. The van der Waals surface area contributed by atoms with E-state index >= 15 is 0 Å². The molecule has 1 aromatic rings. The smallest absolute Gasteiger partial charge is 0.224 e. The van der Waals surface area contributed by atoms with E-state index in [9.17, 15) is 0 Å². The van der Waals surface area contributed by atoms with Crippen molar-refractivity contribution in [2.24, 2.45) is 5.41 Å². The Balaban J connectivity index is 2.12. The lowest BCUT2D eigenvalue weighted by Gasteiger charge is -2.39. The molecule has 0 unspecified atom stereocenters. The first-order valence-corrected chi connectivity index (χ1v) is 7.47. The van der Waals surface area contributed by atoms with Crippen molar-refractivity contribution in [1.29, 1.82) is 0 Å². The first kappa shape index (κ1) is 14.1. The summed E-state index contributed by atoms with van der Waals surface area (Å²) >= 11 is 9.37. The fourth-order valence-electron chi connectivity index (χ4n) is 2.53. The summed E-state index contributed by atoms with van der Waals surface area (Å²) in [6.07, 6.45) is 6.65. The van der Waals surface area contributed by atoms with E-state index in [-0.39, 0.29) is 0 Å². The van der Waals surface area contributed by atoms with Crippen molar-refractivity contribution in [1.82, 2.24) is 9.97 Å². The number of anilines is 1. The zero-order valence-electron chi connectivity index (χ0n) is 11.1. The van der Waals surface area contributed by atoms with Gasteiger partial charge in [0.05, 0.1) is 4.47 Å². The maximum atomic E-state index is 5.88. The highest BCUT2D eigenvalue weighted by molar-refractivity contribution is 9.10. The molecule has 1 heterocycles. The second-order valence-corrected chi connectivity index (χ2v) is 7.01. The van der Waals surface area contributed by atoms with Crippen LogP contribution in [0.1, 0.15) is 39.5 Å². The fourth-order valence-corrected chi connectivity index (χ4v) is 3.13. The Labute approximate surface area is 122 Å². The van der Waals surface area contributed by atoms with Crippen molar-refractivity contribution in [3.05, 3.63) is 16.0 Å². The van der Waals surface area contributed by atoms with E-state index in [4.69, 9.17) is 11.6 Å². The molecule has 2 rings (SSSR count). The van der Waals surface area contributed by atoms with Crippen LogP contribution in [0.5, 0.6) is 0 Å². The highest BCUT2D eigenvalue weighted by Crippen LogP contribution is 2.38. The number of rotatable bonds is 2. The molecule has 100 valence electrons. The number of halogens is 2. The van der Waals surface area contributed by atoms with E-state index in [0.717, 1.165) is 10.3 Å². The third-order valence-electron chi connectivity index (χ3n) is 3.89. The van der Waals surface area contributed by atoms with E-state index in [0.29, 0.717) is 16.7 Å². The molecule has 3 nitrogen and oxygen atoms in total. The van der Waals surface area contributed by atoms with Crippen molar-refractivity contribution < 1.29 is 0 Å². The summed E-state index contributed by atoms with van der Waals surface area (Å²) < 4.78 is 0.902. The minimum atomic E-state index is 0.302. The molecule has 0 N–H and O–H groups in total. The summed E-state index contributed by atoms with van der Waals surface area (Å²) in [7, 11) is 2.09. The van der Waals surface area contributed by atoms with Gasteiger partial charge in [-0.3, -0.25) is 0 Å². The van der Waals surface area contributed by atoms with E-state index < -0.39 is 0 Å². The molecular weight excluding hydrogens is 314 g/mol. The summed E-state index contributed by atoms with van der Waals surface area (Å²) in [5.74, 6) is 0.889. The van der Waals surface area contributed by atoms with E-state index in [1.165, 1.54) is 25.7 Å². The number of hydrogen-bond acceptors (Lipinski definition) is 3. The molecule has 1 aliphatic carbocycles. The number of nitrogens with zero attached hydrogens (tertiary/aromatic N) is 3. The van der Waals surface area contributed by atoms with Crippen LogP contribution in [0.2, 0.25) is 5.28 Å². The van der Waals surface area contributed by atoms with Gasteiger partial charge in [-0.25, -0.2) is 4.98 Å². The largest absolute Gasteiger partial charge is 0.356 e. The predicted molar refractivity (Wildman–Crippen MR) is 79.2 cm³/mol. The molecule has 1 aliphatic rings. The van der Waals surface area contributed by atoms with Crippen molar-refractivity contribution in [2.45, 2.75) is 45.6 Å². The van der Waals surface area contributed by atoms with Crippen LogP contribution in [0.4, 0.5) is 5.82 Å². The van der Waals surface area contributed by atoms with Crippen LogP contribution in [0.25, 0.3) is 0 Å². The normalized spacial score (nSPS) is 19.8. The quantitative estimate of drug-likeness (QED) is 0.756. The molecule has 0 saturated heterocycles. The zero-order chi connectivity index (χ0) is 13.3. The summed E-state index contributed by atoms with van der Waals surface area (Å²) in [4.78, 5) is 10.5. The van der Waals surface area contributed by atoms with Crippen molar-refractivity contribution >= 4 is 33.3 Å². The third-order valence-corrected chi connectivity index (χ3v) is 4.63. The standard InChI is InChI=1S/C13H19BrClN3/c1-13(2)6-4-9(5-7-13)18(3)11-10(14)8-16-12(15)17-11/h8-9H,4-7H2,1-3H3. The average molecular weight is 333 g/mol. The van der Waals surface area contributed by atoms with Gasteiger partial charge in [-0.05, 0) is 58.6 Å². The van der Waals surface area contributed by atoms with Crippen LogP contribution in [-0.2, 0) is 0 Å². The minimum absolute atomic E-state index is 0.302. The Kier molecular flexibility index (Phi) is 4.17. The summed E-state index contributed by atoms with van der Waals surface area (Å²) in [6.45, 7) is 4.70. The second kappa shape index (κ2) is 5.33. The van der Waals surface area contributed by atoms with Crippen molar-refractivity contribution in [2.75, 3.05) is 11.9 Å². The molecule has 18 heavy (non-hydrogen) atoms. The Morgan fingerprint density at radius 1 is 1.39 bits per heavy atom. The molecule has 1 saturated carbocycles. The van der Waals surface area contributed by atoms with Crippen molar-refractivity contribution in [3.63, 3.8) is 0 Å². The van der Waals surface area contributed by atoms with Crippen LogP contribution in [-0.4, -0.2) is 23.1 Å². The van der Waals surface area contributed by atoms with Gasteiger partial charge >= 0.3 is 0 Å². The maximum Gasteiger partial charge on any atom is 0.224 e. The topological polar surface area (TPSA) is 29.0 Å². The molecule has 0 amide bonds. The zero-order valence-corrected chi connectivity index (χ0v) is 13.4. The summed E-state index contributed by atoms with van der Waals surface area (Å²) in [5, 5.41) is 0.302. The van der Waals surface area contributed by atoms with Gasteiger partial charge in [0.1, 0.15) is 5.82 Å². The van der Waals surface area contributed by atoms with Crippen LogP contribution in [0, 0.1) is 5.41 Å². The monoisotopic (exact) mass is 331 g/mol. The molecule has 0 bridgehead atoms. The van der Waals surface area contributed by atoms with Gasteiger partial charge in [0, 0.05) is 19.3 Å². The molecule has 1 fully saturated rings. The lowest BCUT2D eigenvalue weighted by Crippen LogP contribution is -2.37. The van der Waals surface area contributed by atoms with Gasteiger partial charge in [0.2, 0.25) is 5.28 Å². The Morgan fingerprint density at radius 2 is 2.00 bits per heavy atom. The van der Waals surface area contributed by atoms with Crippen molar-refractivity contribution in [3.8, 4) is 0 Å². The molecule has 0 radical (unpaired) electrons. The number of aromatic nitrogens is 2. The Morgan fingerprint density at radius 3 is 2.61 bits per heavy atom. The van der Waals surface area contributed by atoms with Crippen LogP contribution >= 0.6 is 27.5 Å². The van der Waals surface area contributed by atoms with Crippen LogP contribution in [0.15, 0.2) is 10.7 Å². The molecular formula is C13H19BrClN3.